The Bertz CT molecular complexity index is 1000. The summed E-state index contributed by atoms with van der Waals surface area (Å²) in [7, 11) is 0. The molecule has 3 aromatic rings. The summed E-state index contributed by atoms with van der Waals surface area (Å²) in [5.74, 6) is 0.561. The second kappa shape index (κ2) is 8.49. The van der Waals surface area contributed by atoms with Gasteiger partial charge in [-0.1, -0.05) is 36.4 Å². The number of benzene rings is 2. The Balaban J connectivity index is 1.52. The van der Waals surface area contributed by atoms with Gasteiger partial charge in [0.2, 0.25) is 5.91 Å². The van der Waals surface area contributed by atoms with Crippen molar-refractivity contribution in [3.63, 3.8) is 0 Å². The summed E-state index contributed by atoms with van der Waals surface area (Å²) in [4.78, 5) is 27.8. The number of carbonyl (C=O) groups excluding carboxylic acids is 2. The molecule has 29 heavy (non-hydrogen) atoms. The molecule has 5 nitrogen and oxygen atoms in total. The van der Waals surface area contributed by atoms with E-state index in [1.807, 2.05) is 77.9 Å². The Labute approximate surface area is 173 Å². The van der Waals surface area contributed by atoms with Gasteiger partial charge in [0, 0.05) is 16.1 Å². The van der Waals surface area contributed by atoms with E-state index in [0.29, 0.717) is 24.4 Å². The molecular formula is C23H22N2O3S. The van der Waals surface area contributed by atoms with Crippen LogP contribution in [0.3, 0.4) is 0 Å². The SMILES string of the molecule is C[C@@H](c1ccccc1)N1Cc2cc(NC(=O)Cc3cccs3)ccc2OCC1=O. The average molecular weight is 407 g/mol. The van der Waals surface area contributed by atoms with Gasteiger partial charge in [0.05, 0.1) is 19.0 Å². The van der Waals surface area contributed by atoms with E-state index < -0.39 is 0 Å². The molecule has 0 saturated carbocycles. The van der Waals surface area contributed by atoms with E-state index in [-0.39, 0.29) is 24.5 Å². The van der Waals surface area contributed by atoms with Crippen LogP contribution >= 0.6 is 11.3 Å². The lowest BCUT2D eigenvalue weighted by Crippen LogP contribution is -2.34. The van der Waals surface area contributed by atoms with Crippen LogP contribution in [-0.2, 0) is 22.6 Å². The Kier molecular flexibility index (Phi) is 5.62. The van der Waals surface area contributed by atoms with Crippen LogP contribution in [0.4, 0.5) is 5.69 Å². The molecule has 1 aromatic heterocycles. The quantitative estimate of drug-likeness (QED) is 0.683. The summed E-state index contributed by atoms with van der Waals surface area (Å²) in [6.07, 6.45) is 0.348. The molecule has 0 fully saturated rings. The predicted molar refractivity (Wildman–Crippen MR) is 114 cm³/mol. The van der Waals surface area contributed by atoms with E-state index >= 15 is 0 Å². The number of anilines is 1. The number of nitrogens with zero attached hydrogens (tertiary/aromatic N) is 1. The molecular weight excluding hydrogens is 384 g/mol. The minimum atomic E-state index is -0.0738. The van der Waals surface area contributed by atoms with Crippen molar-refractivity contribution < 1.29 is 14.3 Å². The maximum atomic E-state index is 12.7. The molecule has 2 amide bonds. The summed E-state index contributed by atoms with van der Waals surface area (Å²) in [6.45, 7) is 2.46. The fraction of sp³-hybridized carbons (Fsp3) is 0.217. The Morgan fingerprint density at radius 2 is 2.00 bits per heavy atom. The Morgan fingerprint density at radius 3 is 2.76 bits per heavy atom. The molecule has 1 aliphatic heterocycles. The minimum Gasteiger partial charge on any atom is -0.483 e. The first-order valence-electron chi connectivity index (χ1n) is 9.52. The highest BCUT2D eigenvalue weighted by Gasteiger charge is 2.26. The highest BCUT2D eigenvalue weighted by molar-refractivity contribution is 7.10. The van der Waals surface area contributed by atoms with Crippen molar-refractivity contribution in [2.24, 2.45) is 0 Å². The van der Waals surface area contributed by atoms with E-state index in [1.54, 1.807) is 11.3 Å². The van der Waals surface area contributed by atoms with Gasteiger partial charge in [-0.25, -0.2) is 0 Å². The van der Waals surface area contributed by atoms with Crippen molar-refractivity contribution in [3.05, 3.63) is 82.0 Å². The lowest BCUT2D eigenvalue weighted by Gasteiger charge is -2.28. The highest BCUT2D eigenvalue weighted by Crippen LogP contribution is 2.31. The highest BCUT2D eigenvalue weighted by atomic mass is 32.1. The number of fused-ring (bicyclic) bond motifs is 1. The van der Waals surface area contributed by atoms with Gasteiger partial charge >= 0.3 is 0 Å². The Morgan fingerprint density at radius 1 is 1.17 bits per heavy atom. The maximum absolute atomic E-state index is 12.7. The first-order chi connectivity index (χ1) is 14.1. The van der Waals surface area contributed by atoms with Crippen molar-refractivity contribution in [1.29, 1.82) is 0 Å². The monoisotopic (exact) mass is 406 g/mol. The van der Waals surface area contributed by atoms with E-state index in [9.17, 15) is 9.59 Å². The molecule has 1 aliphatic rings. The number of amides is 2. The summed E-state index contributed by atoms with van der Waals surface area (Å²) in [5, 5.41) is 4.91. The molecule has 0 bridgehead atoms. The number of nitrogens with one attached hydrogen (secondary N) is 1. The molecule has 1 atom stereocenters. The number of rotatable bonds is 5. The van der Waals surface area contributed by atoms with Gasteiger partial charge in [0.15, 0.2) is 6.61 Å². The van der Waals surface area contributed by atoms with Crippen molar-refractivity contribution in [2.45, 2.75) is 25.9 Å². The first kappa shape index (κ1) is 19.2. The van der Waals surface area contributed by atoms with Crippen LogP contribution in [-0.4, -0.2) is 23.3 Å². The normalized spacial score (nSPS) is 14.5. The molecule has 6 heteroatoms. The number of hydrogen-bond acceptors (Lipinski definition) is 4. The average Bonchev–Trinajstić information content (AvgIpc) is 3.18. The zero-order valence-electron chi connectivity index (χ0n) is 16.1. The van der Waals surface area contributed by atoms with Gasteiger partial charge in [-0.2, -0.15) is 0 Å². The van der Waals surface area contributed by atoms with Crippen molar-refractivity contribution in [2.75, 3.05) is 11.9 Å². The second-order valence-electron chi connectivity index (χ2n) is 7.02. The number of hydrogen-bond donors (Lipinski definition) is 1. The second-order valence-corrected chi connectivity index (χ2v) is 8.06. The molecule has 2 aromatic carbocycles. The van der Waals surface area contributed by atoms with Crippen LogP contribution in [0.2, 0.25) is 0 Å². The molecule has 2 heterocycles. The lowest BCUT2D eigenvalue weighted by molar-refractivity contribution is -0.135. The Hall–Kier alpha value is -3.12. The molecule has 4 rings (SSSR count). The zero-order chi connectivity index (χ0) is 20.2. The van der Waals surface area contributed by atoms with Crippen LogP contribution in [0, 0.1) is 0 Å². The van der Waals surface area contributed by atoms with E-state index in [1.165, 1.54) is 0 Å². The summed E-state index contributed by atoms with van der Waals surface area (Å²) in [5.41, 5.74) is 2.66. The van der Waals surface area contributed by atoms with Crippen molar-refractivity contribution in [3.8, 4) is 5.75 Å². The standard InChI is InChI=1S/C23H22N2O3S/c1-16(17-6-3-2-4-7-17)25-14-18-12-19(9-10-21(18)28-15-23(25)27)24-22(26)13-20-8-5-11-29-20/h2-12,16H,13-15H2,1H3,(H,24,26)/t16-/m0/s1. The smallest absolute Gasteiger partial charge is 0.261 e. The minimum absolute atomic E-state index is 0.00819. The van der Waals surface area contributed by atoms with Crippen LogP contribution in [0.5, 0.6) is 5.75 Å². The van der Waals surface area contributed by atoms with Crippen LogP contribution in [0.15, 0.2) is 66.0 Å². The van der Waals surface area contributed by atoms with Gasteiger partial charge < -0.3 is 15.0 Å². The van der Waals surface area contributed by atoms with Crippen LogP contribution in [0.25, 0.3) is 0 Å². The fourth-order valence-corrected chi connectivity index (χ4v) is 4.16. The number of carbonyl (C=O) groups is 2. The zero-order valence-corrected chi connectivity index (χ0v) is 16.9. The maximum Gasteiger partial charge on any atom is 0.261 e. The predicted octanol–water partition coefficient (Wildman–Crippen LogP) is 4.41. The first-order valence-corrected chi connectivity index (χ1v) is 10.4. The number of ether oxygens (including phenoxy) is 1. The van der Waals surface area contributed by atoms with Gasteiger partial charge in [0.1, 0.15) is 5.75 Å². The van der Waals surface area contributed by atoms with E-state index in [2.05, 4.69) is 5.32 Å². The topological polar surface area (TPSA) is 58.6 Å². The number of thiophene rings is 1. The van der Waals surface area contributed by atoms with Crippen molar-refractivity contribution >= 4 is 28.8 Å². The van der Waals surface area contributed by atoms with Gasteiger partial charge in [-0.3, -0.25) is 9.59 Å². The molecule has 0 unspecified atom stereocenters. The molecule has 0 saturated heterocycles. The molecule has 0 spiro atoms. The summed E-state index contributed by atoms with van der Waals surface area (Å²) < 4.78 is 5.72. The van der Waals surface area contributed by atoms with E-state index in [4.69, 9.17) is 4.74 Å². The van der Waals surface area contributed by atoms with Gasteiger partial charge in [0.25, 0.3) is 5.91 Å². The summed E-state index contributed by atoms with van der Waals surface area (Å²) in [6, 6.07) is 19.3. The third kappa shape index (κ3) is 4.49. The largest absolute Gasteiger partial charge is 0.483 e. The molecule has 148 valence electrons. The molecule has 1 N–H and O–H groups in total. The van der Waals surface area contributed by atoms with Crippen LogP contribution in [0.1, 0.15) is 29.0 Å². The van der Waals surface area contributed by atoms with Crippen LogP contribution < -0.4 is 10.1 Å². The lowest BCUT2D eigenvalue weighted by atomic mass is 10.1. The van der Waals surface area contributed by atoms with Gasteiger partial charge in [-0.05, 0) is 42.1 Å². The van der Waals surface area contributed by atoms with E-state index in [0.717, 1.165) is 16.0 Å². The summed E-state index contributed by atoms with van der Waals surface area (Å²) >= 11 is 1.56. The molecule has 0 aliphatic carbocycles. The van der Waals surface area contributed by atoms with Crippen molar-refractivity contribution in [1.82, 2.24) is 4.90 Å². The van der Waals surface area contributed by atoms with Gasteiger partial charge in [-0.15, -0.1) is 11.3 Å². The third-order valence-corrected chi connectivity index (χ3v) is 5.90. The molecule has 0 radical (unpaired) electrons. The fourth-order valence-electron chi connectivity index (χ4n) is 3.46. The third-order valence-electron chi connectivity index (χ3n) is 5.02.